The Hall–Kier alpha value is 0.0300. The fourth-order valence-corrected chi connectivity index (χ4v) is 4.73. The van der Waals surface area contributed by atoms with Gasteiger partial charge in [-0.2, -0.15) is 0 Å². The lowest BCUT2D eigenvalue weighted by molar-refractivity contribution is -0.142. The molecule has 0 radical (unpaired) electrons. The minimum Gasteiger partial charge on any atom is -0.481 e. The summed E-state index contributed by atoms with van der Waals surface area (Å²) in [6.45, 7) is 0. The third kappa shape index (κ3) is 1.66. The smallest absolute Gasteiger partial charge is 0.309 e. The van der Waals surface area contributed by atoms with Crippen LogP contribution in [0.3, 0.4) is 0 Å². The molecule has 3 unspecified atom stereocenters. The maximum atomic E-state index is 11.0. The fraction of sp³-hybridized carbons (Fsp3) is 0.444. The zero-order chi connectivity index (χ0) is 9.42. The Morgan fingerprint density at radius 2 is 2.46 bits per heavy atom. The quantitative estimate of drug-likeness (QED) is 0.598. The lowest BCUT2D eigenvalue weighted by Gasteiger charge is -2.17. The van der Waals surface area contributed by atoms with Gasteiger partial charge >= 0.3 is 5.97 Å². The van der Waals surface area contributed by atoms with Crippen LogP contribution >= 0.6 is 34.4 Å². The van der Waals surface area contributed by atoms with Crippen molar-refractivity contribution < 1.29 is 9.90 Å². The van der Waals surface area contributed by atoms with E-state index in [2.05, 4.69) is 28.7 Å². The standard InChI is InChI=1S/C9H9IO2S/c10-8-7(9(11)12)5-3-1-2-4-6(5)13-8/h1-2,4-5,7-8H,3H2,(H,11,12). The van der Waals surface area contributed by atoms with Gasteiger partial charge in [-0.25, -0.2) is 0 Å². The summed E-state index contributed by atoms with van der Waals surface area (Å²) < 4.78 is 0.186. The van der Waals surface area contributed by atoms with E-state index in [-0.39, 0.29) is 15.1 Å². The summed E-state index contributed by atoms with van der Waals surface area (Å²) in [5, 5.41) is 9.05. The Kier molecular flexibility index (Phi) is 2.69. The number of carboxylic acids is 1. The van der Waals surface area contributed by atoms with Gasteiger partial charge in [0.2, 0.25) is 0 Å². The molecule has 1 heterocycles. The zero-order valence-corrected chi connectivity index (χ0v) is 9.79. The molecule has 0 bridgehead atoms. The highest BCUT2D eigenvalue weighted by molar-refractivity contribution is 14.1. The van der Waals surface area contributed by atoms with Crippen LogP contribution in [0.15, 0.2) is 23.1 Å². The van der Waals surface area contributed by atoms with Crippen molar-refractivity contribution in [1.29, 1.82) is 0 Å². The van der Waals surface area contributed by atoms with Crippen LogP contribution < -0.4 is 0 Å². The van der Waals surface area contributed by atoms with Crippen molar-refractivity contribution >= 4 is 40.3 Å². The number of halogens is 1. The zero-order valence-electron chi connectivity index (χ0n) is 6.81. The van der Waals surface area contributed by atoms with Crippen LogP contribution in [0, 0.1) is 11.8 Å². The average molecular weight is 308 g/mol. The van der Waals surface area contributed by atoms with Crippen LogP contribution in [-0.4, -0.2) is 14.3 Å². The van der Waals surface area contributed by atoms with Gasteiger partial charge in [-0.15, -0.1) is 11.8 Å². The van der Waals surface area contributed by atoms with E-state index in [1.807, 2.05) is 12.2 Å². The third-order valence-corrected chi connectivity index (χ3v) is 5.17. The summed E-state index contributed by atoms with van der Waals surface area (Å²) in [6.07, 6.45) is 7.01. The summed E-state index contributed by atoms with van der Waals surface area (Å²) in [5.41, 5.74) is 0. The van der Waals surface area contributed by atoms with E-state index in [1.165, 1.54) is 4.91 Å². The predicted octanol–water partition coefficient (Wildman–Crippen LogP) is 2.66. The minimum atomic E-state index is -0.657. The van der Waals surface area contributed by atoms with Gasteiger partial charge in [0, 0.05) is 5.92 Å². The number of alkyl halides is 1. The molecule has 4 heteroatoms. The van der Waals surface area contributed by atoms with Crippen molar-refractivity contribution in [2.45, 2.75) is 9.68 Å². The van der Waals surface area contributed by atoms with Gasteiger partial charge in [-0.1, -0.05) is 40.8 Å². The van der Waals surface area contributed by atoms with Gasteiger partial charge in [0.25, 0.3) is 0 Å². The van der Waals surface area contributed by atoms with Gasteiger partial charge < -0.3 is 5.11 Å². The molecule has 1 fully saturated rings. The van der Waals surface area contributed by atoms with E-state index >= 15 is 0 Å². The molecule has 0 spiro atoms. The first-order chi connectivity index (χ1) is 6.20. The highest BCUT2D eigenvalue weighted by Gasteiger charge is 2.43. The number of fused-ring (bicyclic) bond motifs is 1. The molecule has 0 amide bonds. The molecule has 3 atom stereocenters. The predicted molar refractivity (Wildman–Crippen MR) is 61.9 cm³/mol. The number of hydrogen-bond donors (Lipinski definition) is 1. The number of carbonyl (C=O) groups is 1. The molecule has 0 aromatic heterocycles. The van der Waals surface area contributed by atoms with Gasteiger partial charge in [0.15, 0.2) is 0 Å². The molecule has 1 saturated heterocycles. The number of aliphatic carboxylic acids is 1. The molecule has 1 aliphatic heterocycles. The van der Waals surface area contributed by atoms with Crippen molar-refractivity contribution in [3.8, 4) is 0 Å². The monoisotopic (exact) mass is 308 g/mol. The van der Waals surface area contributed by atoms with Crippen molar-refractivity contribution in [1.82, 2.24) is 0 Å². The fourth-order valence-electron chi connectivity index (χ4n) is 1.75. The van der Waals surface area contributed by atoms with Crippen LogP contribution in [0.4, 0.5) is 0 Å². The van der Waals surface area contributed by atoms with Crippen LogP contribution in [-0.2, 0) is 4.79 Å². The summed E-state index contributed by atoms with van der Waals surface area (Å²) in [7, 11) is 0. The molecule has 1 aliphatic carbocycles. The van der Waals surface area contributed by atoms with E-state index in [0.717, 1.165) is 6.42 Å². The van der Waals surface area contributed by atoms with E-state index in [0.29, 0.717) is 0 Å². The van der Waals surface area contributed by atoms with E-state index in [9.17, 15) is 4.79 Å². The molecular formula is C9H9IO2S. The van der Waals surface area contributed by atoms with Gasteiger partial charge in [0.1, 0.15) is 0 Å². The second-order valence-corrected chi connectivity index (χ2v) is 6.57. The van der Waals surface area contributed by atoms with Crippen LogP contribution in [0.1, 0.15) is 6.42 Å². The molecule has 2 aliphatic rings. The van der Waals surface area contributed by atoms with Crippen LogP contribution in [0.25, 0.3) is 0 Å². The topological polar surface area (TPSA) is 37.3 Å². The Morgan fingerprint density at radius 1 is 1.69 bits per heavy atom. The Labute approximate surface area is 94.6 Å². The first-order valence-electron chi connectivity index (χ1n) is 4.10. The molecule has 0 aromatic carbocycles. The van der Waals surface area contributed by atoms with Crippen LogP contribution in [0.5, 0.6) is 0 Å². The summed E-state index contributed by atoms with van der Waals surface area (Å²) >= 11 is 3.93. The highest BCUT2D eigenvalue weighted by Crippen LogP contribution is 2.51. The van der Waals surface area contributed by atoms with E-state index in [4.69, 9.17) is 5.11 Å². The maximum absolute atomic E-state index is 11.0. The number of hydrogen-bond acceptors (Lipinski definition) is 2. The molecule has 2 nitrogen and oxygen atoms in total. The van der Waals surface area contributed by atoms with E-state index in [1.54, 1.807) is 11.8 Å². The minimum absolute atomic E-state index is 0.186. The Balaban J connectivity index is 2.27. The summed E-state index contributed by atoms with van der Waals surface area (Å²) in [4.78, 5) is 12.2. The molecule has 2 rings (SSSR count). The van der Waals surface area contributed by atoms with Crippen LogP contribution in [0.2, 0.25) is 0 Å². The lowest BCUT2D eigenvalue weighted by Crippen LogP contribution is -2.24. The van der Waals surface area contributed by atoms with E-state index < -0.39 is 5.97 Å². The summed E-state index contributed by atoms with van der Waals surface area (Å²) in [6, 6.07) is 0. The molecule has 0 aromatic rings. The molecule has 13 heavy (non-hydrogen) atoms. The van der Waals surface area contributed by atoms with Crippen molar-refractivity contribution in [2.24, 2.45) is 11.8 Å². The van der Waals surface area contributed by atoms with Gasteiger partial charge in [0.05, 0.1) is 9.17 Å². The molecule has 1 N–H and O–H groups in total. The van der Waals surface area contributed by atoms with Gasteiger partial charge in [-0.05, 0) is 11.3 Å². The van der Waals surface area contributed by atoms with Gasteiger partial charge in [-0.3, -0.25) is 4.79 Å². The number of thioether (sulfide) groups is 1. The first-order valence-corrected chi connectivity index (χ1v) is 6.23. The summed E-state index contributed by atoms with van der Waals surface area (Å²) in [5.74, 6) is -0.633. The number of rotatable bonds is 1. The largest absolute Gasteiger partial charge is 0.481 e. The maximum Gasteiger partial charge on any atom is 0.309 e. The number of allylic oxidation sites excluding steroid dienone is 4. The molecule has 0 saturated carbocycles. The number of carboxylic acid groups (broad SMARTS) is 1. The highest BCUT2D eigenvalue weighted by atomic mass is 127. The molecule has 70 valence electrons. The third-order valence-electron chi connectivity index (χ3n) is 2.40. The Bertz CT molecular complexity index is 298. The van der Waals surface area contributed by atoms with Crippen molar-refractivity contribution in [3.63, 3.8) is 0 Å². The van der Waals surface area contributed by atoms with Crippen molar-refractivity contribution in [3.05, 3.63) is 23.1 Å². The SMILES string of the molecule is O=C(O)C1C(I)SC2=CC=CCC21. The van der Waals surface area contributed by atoms with Crippen molar-refractivity contribution in [2.75, 3.05) is 0 Å². The lowest BCUT2D eigenvalue weighted by atomic mass is 9.88. The first kappa shape index (κ1) is 9.58. The second-order valence-electron chi connectivity index (χ2n) is 3.17. The molecular weight excluding hydrogens is 299 g/mol. The Morgan fingerprint density at radius 3 is 3.15 bits per heavy atom. The average Bonchev–Trinajstić information content (AvgIpc) is 2.39. The second kappa shape index (κ2) is 3.65. The normalized spacial score (nSPS) is 37.0.